The Balaban J connectivity index is 2.08. The highest BCUT2D eigenvalue weighted by molar-refractivity contribution is 5.94. The summed E-state index contributed by atoms with van der Waals surface area (Å²) in [6, 6.07) is 9.94. The first-order chi connectivity index (χ1) is 10.2. The van der Waals surface area contributed by atoms with Crippen LogP contribution < -0.4 is 5.32 Å². The highest BCUT2D eigenvalue weighted by Crippen LogP contribution is 2.27. The molecule has 0 saturated carbocycles. The standard InChI is InChI=1S/C15H14N6/c1-10(2)21-9-11(8-17-21)18-15-12-5-3-4-6-13(12)19-20-14(15)7-16/h3-6,8-10H,1-2H3,(H,18,19). The average Bonchev–Trinajstić information content (AvgIpc) is 2.96. The van der Waals surface area contributed by atoms with Crippen LogP contribution in [0.2, 0.25) is 0 Å². The minimum atomic E-state index is 0.269. The van der Waals surface area contributed by atoms with Crippen LogP contribution in [0.5, 0.6) is 0 Å². The van der Waals surface area contributed by atoms with E-state index in [9.17, 15) is 5.26 Å². The zero-order valence-corrected chi connectivity index (χ0v) is 11.8. The first-order valence-corrected chi connectivity index (χ1v) is 6.65. The Morgan fingerprint density at radius 1 is 1.24 bits per heavy atom. The van der Waals surface area contributed by atoms with Gasteiger partial charge in [-0.2, -0.15) is 10.4 Å². The predicted molar refractivity (Wildman–Crippen MR) is 80.1 cm³/mol. The number of fused-ring (bicyclic) bond motifs is 1. The van der Waals surface area contributed by atoms with E-state index < -0.39 is 0 Å². The lowest BCUT2D eigenvalue weighted by Gasteiger charge is -2.08. The number of anilines is 2. The number of hydrogen-bond donors (Lipinski definition) is 1. The molecule has 0 saturated heterocycles. The van der Waals surface area contributed by atoms with E-state index in [0.29, 0.717) is 5.69 Å². The molecule has 2 aromatic heterocycles. The summed E-state index contributed by atoms with van der Waals surface area (Å²) >= 11 is 0. The van der Waals surface area contributed by atoms with Crippen LogP contribution >= 0.6 is 0 Å². The van der Waals surface area contributed by atoms with Gasteiger partial charge in [-0.15, -0.1) is 10.2 Å². The summed E-state index contributed by atoms with van der Waals surface area (Å²) < 4.78 is 1.85. The van der Waals surface area contributed by atoms with Gasteiger partial charge >= 0.3 is 0 Å². The highest BCUT2D eigenvalue weighted by Gasteiger charge is 2.11. The van der Waals surface area contributed by atoms with Crippen LogP contribution in [0.3, 0.4) is 0 Å². The van der Waals surface area contributed by atoms with E-state index in [-0.39, 0.29) is 11.7 Å². The molecule has 0 aliphatic heterocycles. The van der Waals surface area contributed by atoms with Crippen molar-refractivity contribution in [3.63, 3.8) is 0 Å². The third-order valence-electron chi connectivity index (χ3n) is 3.17. The van der Waals surface area contributed by atoms with Crippen molar-refractivity contribution >= 4 is 22.3 Å². The quantitative estimate of drug-likeness (QED) is 0.796. The Labute approximate surface area is 122 Å². The fourth-order valence-corrected chi connectivity index (χ4v) is 2.09. The molecule has 1 N–H and O–H groups in total. The van der Waals surface area contributed by atoms with Crippen LogP contribution in [0.25, 0.3) is 10.9 Å². The molecule has 0 aliphatic carbocycles. The Morgan fingerprint density at radius 2 is 2.05 bits per heavy atom. The van der Waals surface area contributed by atoms with Crippen LogP contribution in [-0.4, -0.2) is 20.0 Å². The normalized spacial score (nSPS) is 10.8. The zero-order chi connectivity index (χ0) is 14.8. The minimum absolute atomic E-state index is 0.269. The fourth-order valence-electron chi connectivity index (χ4n) is 2.09. The zero-order valence-electron chi connectivity index (χ0n) is 11.8. The molecule has 3 rings (SSSR count). The van der Waals surface area contributed by atoms with E-state index in [4.69, 9.17) is 0 Å². The van der Waals surface area contributed by atoms with Gasteiger partial charge < -0.3 is 5.32 Å². The maximum absolute atomic E-state index is 9.24. The van der Waals surface area contributed by atoms with Gasteiger partial charge in [0.25, 0.3) is 0 Å². The summed E-state index contributed by atoms with van der Waals surface area (Å²) in [5.41, 5.74) is 2.49. The van der Waals surface area contributed by atoms with Crippen molar-refractivity contribution in [3.05, 3.63) is 42.4 Å². The summed E-state index contributed by atoms with van der Waals surface area (Å²) in [5.74, 6) is 0. The van der Waals surface area contributed by atoms with Gasteiger partial charge in [0.15, 0.2) is 5.69 Å². The first kappa shape index (κ1) is 13.1. The second kappa shape index (κ2) is 5.21. The van der Waals surface area contributed by atoms with Gasteiger partial charge in [-0.05, 0) is 19.9 Å². The highest BCUT2D eigenvalue weighted by atomic mass is 15.3. The summed E-state index contributed by atoms with van der Waals surface area (Å²) in [6.07, 6.45) is 3.64. The average molecular weight is 278 g/mol. The largest absolute Gasteiger partial charge is 0.350 e. The number of rotatable bonds is 3. The smallest absolute Gasteiger partial charge is 0.187 e. The van der Waals surface area contributed by atoms with Gasteiger partial charge in [0, 0.05) is 17.6 Å². The van der Waals surface area contributed by atoms with Crippen LogP contribution in [-0.2, 0) is 0 Å². The van der Waals surface area contributed by atoms with Crippen molar-refractivity contribution in [3.8, 4) is 6.07 Å². The summed E-state index contributed by atoms with van der Waals surface area (Å²) in [6.45, 7) is 4.11. The molecule has 0 unspecified atom stereocenters. The molecule has 1 aromatic carbocycles. The van der Waals surface area contributed by atoms with E-state index >= 15 is 0 Å². The molecule has 21 heavy (non-hydrogen) atoms. The third-order valence-corrected chi connectivity index (χ3v) is 3.17. The van der Waals surface area contributed by atoms with E-state index in [1.807, 2.05) is 35.1 Å². The Bertz CT molecular complexity index is 828. The van der Waals surface area contributed by atoms with E-state index in [1.54, 1.807) is 6.20 Å². The van der Waals surface area contributed by atoms with Gasteiger partial charge in [0.2, 0.25) is 0 Å². The topological polar surface area (TPSA) is 79.4 Å². The molecule has 0 atom stereocenters. The minimum Gasteiger partial charge on any atom is -0.350 e. The molecule has 0 fully saturated rings. The number of benzene rings is 1. The molecule has 6 nitrogen and oxygen atoms in total. The van der Waals surface area contributed by atoms with Crippen molar-refractivity contribution in [2.24, 2.45) is 0 Å². The maximum Gasteiger partial charge on any atom is 0.187 e. The molecule has 0 spiro atoms. The van der Waals surface area contributed by atoms with Crippen molar-refractivity contribution in [1.82, 2.24) is 20.0 Å². The van der Waals surface area contributed by atoms with E-state index in [2.05, 4.69) is 40.5 Å². The fraction of sp³-hybridized carbons (Fsp3) is 0.200. The van der Waals surface area contributed by atoms with Crippen LogP contribution in [0.1, 0.15) is 25.6 Å². The van der Waals surface area contributed by atoms with Crippen molar-refractivity contribution < 1.29 is 0 Å². The predicted octanol–water partition coefficient (Wildman–Crippen LogP) is 3.02. The lowest BCUT2D eigenvalue weighted by Crippen LogP contribution is -2.01. The summed E-state index contributed by atoms with van der Waals surface area (Å²) in [5, 5.41) is 25.6. The number of nitrogens with one attached hydrogen (secondary N) is 1. The maximum atomic E-state index is 9.24. The monoisotopic (exact) mass is 278 g/mol. The molecule has 2 heterocycles. The van der Waals surface area contributed by atoms with Crippen LogP contribution in [0.15, 0.2) is 36.7 Å². The molecule has 3 aromatic rings. The molecular weight excluding hydrogens is 264 g/mol. The van der Waals surface area contributed by atoms with Crippen molar-refractivity contribution in [2.45, 2.75) is 19.9 Å². The lowest BCUT2D eigenvalue weighted by atomic mass is 10.1. The Hall–Kier alpha value is -2.94. The van der Waals surface area contributed by atoms with Gasteiger partial charge in [-0.1, -0.05) is 18.2 Å². The molecule has 6 heteroatoms. The number of nitrogens with zero attached hydrogens (tertiary/aromatic N) is 5. The van der Waals surface area contributed by atoms with Gasteiger partial charge in [-0.3, -0.25) is 4.68 Å². The molecule has 0 amide bonds. The van der Waals surface area contributed by atoms with Crippen LogP contribution in [0.4, 0.5) is 11.4 Å². The van der Waals surface area contributed by atoms with Crippen molar-refractivity contribution in [2.75, 3.05) is 5.32 Å². The molecule has 0 aliphatic rings. The summed E-state index contributed by atoms with van der Waals surface area (Å²) in [4.78, 5) is 0. The SMILES string of the molecule is CC(C)n1cc(Nc2c(C#N)nnc3ccccc23)cn1. The second-order valence-corrected chi connectivity index (χ2v) is 4.98. The van der Waals surface area contributed by atoms with E-state index in [1.165, 1.54) is 0 Å². The molecule has 0 bridgehead atoms. The van der Waals surface area contributed by atoms with Crippen molar-refractivity contribution in [1.29, 1.82) is 5.26 Å². The molecule has 0 radical (unpaired) electrons. The van der Waals surface area contributed by atoms with Gasteiger partial charge in [0.1, 0.15) is 6.07 Å². The molecule has 104 valence electrons. The first-order valence-electron chi connectivity index (χ1n) is 6.65. The number of nitriles is 1. The summed E-state index contributed by atoms with van der Waals surface area (Å²) in [7, 11) is 0. The number of hydrogen-bond acceptors (Lipinski definition) is 5. The van der Waals surface area contributed by atoms with Gasteiger partial charge in [-0.25, -0.2) is 0 Å². The van der Waals surface area contributed by atoms with Gasteiger partial charge in [0.05, 0.1) is 23.1 Å². The number of aromatic nitrogens is 4. The van der Waals surface area contributed by atoms with Crippen LogP contribution in [0, 0.1) is 11.3 Å². The third kappa shape index (κ3) is 2.41. The lowest BCUT2D eigenvalue weighted by molar-refractivity contribution is 0.532. The second-order valence-electron chi connectivity index (χ2n) is 4.98. The molecular formula is C15H14N6. The Kier molecular flexibility index (Phi) is 3.24. The van der Waals surface area contributed by atoms with E-state index in [0.717, 1.165) is 16.6 Å². The Morgan fingerprint density at radius 3 is 2.76 bits per heavy atom.